The third kappa shape index (κ3) is 4.49. The molecule has 0 fully saturated rings. The minimum Gasteiger partial charge on any atom is -0.508 e. The Morgan fingerprint density at radius 1 is 1.05 bits per heavy atom. The molecular weight excluding hydrogens is 282 g/mol. The summed E-state index contributed by atoms with van der Waals surface area (Å²) in [6.45, 7) is 0.451. The largest absolute Gasteiger partial charge is 0.508 e. The average molecular weight is 301 g/mol. The topological polar surface area (TPSA) is 89.8 Å². The van der Waals surface area contributed by atoms with Gasteiger partial charge in [0, 0.05) is 6.54 Å². The van der Waals surface area contributed by atoms with Gasteiger partial charge in [-0.1, -0.05) is 30.3 Å². The molecule has 0 spiro atoms. The number of aromatic hydroxyl groups is 2. The summed E-state index contributed by atoms with van der Waals surface area (Å²) in [6.07, 6.45) is 0.877. The number of hydrogen-bond acceptors (Lipinski definition) is 4. The quantitative estimate of drug-likeness (QED) is 0.627. The van der Waals surface area contributed by atoms with Crippen molar-refractivity contribution in [3.05, 3.63) is 59.7 Å². The van der Waals surface area contributed by atoms with E-state index in [9.17, 15) is 20.1 Å². The molecule has 4 N–H and O–H groups in total. The zero-order chi connectivity index (χ0) is 15.9. The summed E-state index contributed by atoms with van der Waals surface area (Å²) < 4.78 is 0. The van der Waals surface area contributed by atoms with Gasteiger partial charge in [0.1, 0.15) is 17.5 Å². The Balaban J connectivity index is 1.91. The zero-order valence-electron chi connectivity index (χ0n) is 12.1. The van der Waals surface area contributed by atoms with Gasteiger partial charge in [-0.05, 0) is 42.2 Å². The minimum atomic E-state index is -0.926. The van der Waals surface area contributed by atoms with E-state index in [0.29, 0.717) is 19.4 Å². The van der Waals surface area contributed by atoms with Crippen LogP contribution < -0.4 is 5.32 Å². The first-order valence-corrected chi connectivity index (χ1v) is 7.07. The summed E-state index contributed by atoms with van der Waals surface area (Å²) in [4.78, 5) is 11.3. The summed E-state index contributed by atoms with van der Waals surface area (Å²) in [7, 11) is 0. The van der Waals surface area contributed by atoms with Crippen LogP contribution in [-0.2, 0) is 17.6 Å². The van der Waals surface area contributed by atoms with Gasteiger partial charge in [0.05, 0.1) is 0 Å². The van der Waals surface area contributed by atoms with Gasteiger partial charge in [-0.15, -0.1) is 0 Å². The maximum atomic E-state index is 11.3. The number of nitrogens with one attached hydrogen (secondary N) is 1. The normalized spacial score (nSPS) is 12.0. The second kappa shape index (κ2) is 7.47. The molecule has 2 aromatic carbocycles. The first-order valence-electron chi connectivity index (χ1n) is 7.07. The molecule has 0 aromatic heterocycles. The first-order chi connectivity index (χ1) is 10.6. The number of aliphatic carboxylic acids is 1. The van der Waals surface area contributed by atoms with E-state index in [4.69, 9.17) is 0 Å². The molecular formula is C17H19NO4. The van der Waals surface area contributed by atoms with Crippen LogP contribution >= 0.6 is 0 Å². The average Bonchev–Trinajstić information content (AvgIpc) is 2.50. The van der Waals surface area contributed by atoms with Gasteiger partial charge in [-0.2, -0.15) is 0 Å². The molecule has 0 amide bonds. The van der Waals surface area contributed by atoms with Crippen molar-refractivity contribution in [3.63, 3.8) is 0 Å². The highest BCUT2D eigenvalue weighted by Gasteiger charge is 2.17. The monoisotopic (exact) mass is 301 g/mol. The van der Waals surface area contributed by atoms with Crippen molar-refractivity contribution < 1.29 is 20.1 Å². The Morgan fingerprint density at radius 3 is 2.36 bits per heavy atom. The van der Waals surface area contributed by atoms with Crippen molar-refractivity contribution in [2.45, 2.75) is 18.9 Å². The Bertz CT molecular complexity index is 625. The molecule has 116 valence electrons. The van der Waals surface area contributed by atoms with Gasteiger partial charge >= 0.3 is 5.97 Å². The molecule has 0 heterocycles. The molecule has 0 aliphatic rings. The smallest absolute Gasteiger partial charge is 0.321 e. The fourth-order valence-electron chi connectivity index (χ4n) is 2.22. The molecule has 2 rings (SSSR count). The Labute approximate surface area is 128 Å². The van der Waals surface area contributed by atoms with Crippen LogP contribution in [0.3, 0.4) is 0 Å². The second-order valence-corrected chi connectivity index (χ2v) is 5.09. The van der Waals surface area contributed by atoms with E-state index in [1.54, 1.807) is 24.3 Å². The number of phenolic OH excluding ortho intramolecular Hbond substituents is 2. The van der Waals surface area contributed by atoms with E-state index >= 15 is 0 Å². The van der Waals surface area contributed by atoms with Gasteiger partial charge in [0.15, 0.2) is 0 Å². The van der Waals surface area contributed by atoms with E-state index in [1.165, 1.54) is 12.1 Å². The van der Waals surface area contributed by atoms with E-state index in [2.05, 4.69) is 5.32 Å². The van der Waals surface area contributed by atoms with Gasteiger partial charge in [-0.25, -0.2) is 0 Å². The Morgan fingerprint density at radius 2 is 1.73 bits per heavy atom. The summed E-state index contributed by atoms with van der Waals surface area (Å²) in [5, 5.41) is 31.2. The second-order valence-electron chi connectivity index (χ2n) is 5.09. The van der Waals surface area contributed by atoms with Crippen molar-refractivity contribution in [1.82, 2.24) is 5.32 Å². The molecule has 0 unspecified atom stereocenters. The summed E-state index contributed by atoms with van der Waals surface area (Å²) >= 11 is 0. The third-order valence-electron chi connectivity index (χ3n) is 3.45. The number of carboxylic acids is 1. The first kappa shape index (κ1) is 15.9. The van der Waals surface area contributed by atoms with Gasteiger partial charge in [0.2, 0.25) is 0 Å². The van der Waals surface area contributed by atoms with Crippen molar-refractivity contribution in [2.24, 2.45) is 0 Å². The molecule has 0 aliphatic carbocycles. The van der Waals surface area contributed by atoms with Gasteiger partial charge in [0.25, 0.3) is 0 Å². The van der Waals surface area contributed by atoms with Gasteiger partial charge < -0.3 is 20.6 Å². The van der Waals surface area contributed by atoms with E-state index in [-0.39, 0.29) is 11.5 Å². The van der Waals surface area contributed by atoms with Crippen LogP contribution in [0.5, 0.6) is 11.5 Å². The number of para-hydroxylation sites is 1. The Kier molecular flexibility index (Phi) is 5.38. The number of carbonyl (C=O) groups is 1. The molecule has 2 aromatic rings. The molecule has 1 atom stereocenters. The van der Waals surface area contributed by atoms with Crippen LogP contribution in [0.4, 0.5) is 0 Å². The molecule has 0 radical (unpaired) electrons. The molecule has 22 heavy (non-hydrogen) atoms. The Hall–Kier alpha value is -2.53. The fraction of sp³-hybridized carbons (Fsp3) is 0.235. The summed E-state index contributed by atoms with van der Waals surface area (Å²) in [5.41, 5.74) is 1.61. The van der Waals surface area contributed by atoms with E-state index in [1.807, 2.05) is 12.1 Å². The SMILES string of the molecule is O=C(O)[C@H](Cc1ccc(O)cc1)NCCc1ccccc1O. The highest BCUT2D eigenvalue weighted by atomic mass is 16.4. The predicted molar refractivity (Wildman–Crippen MR) is 83.0 cm³/mol. The molecule has 0 aliphatic heterocycles. The van der Waals surface area contributed by atoms with Crippen molar-refractivity contribution in [2.75, 3.05) is 6.54 Å². The fourth-order valence-corrected chi connectivity index (χ4v) is 2.22. The molecule has 0 bridgehead atoms. The summed E-state index contributed by atoms with van der Waals surface area (Å²) in [5.74, 6) is -0.553. The van der Waals surface area contributed by atoms with Crippen molar-refractivity contribution in [1.29, 1.82) is 0 Å². The number of phenols is 2. The van der Waals surface area contributed by atoms with Crippen LogP contribution in [0, 0.1) is 0 Å². The third-order valence-corrected chi connectivity index (χ3v) is 3.45. The van der Waals surface area contributed by atoms with Crippen LogP contribution in [-0.4, -0.2) is 33.9 Å². The minimum absolute atomic E-state index is 0.156. The van der Waals surface area contributed by atoms with Gasteiger partial charge in [-0.3, -0.25) is 4.79 Å². The predicted octanol–water partition coefficient (Wildman–Crippen LogP) is 1.93. The molecule has 0 saturated carbocycles. The van der Waals surface area contributed by atoms with Crippen molar-refractivity contribution in [3.8, 4) is 11.5 Å². The lowest BCUT2D eigenvalue weighted by atomic mass is 10.1. The lowest BCUT2D eigenvalue weighted by Gasteiger charge is -2.15. The maximum absolute atomic E-state index is 11.3. The number of hydrogen-bond donors (Lipinski definition) is 4. The van der Waals surface area contributed by atoms with Crippen LogP contribution in [0.1, 0.15) is 11.1 Å². The molecule has 5 nitrogen and oxygen atoms in total. The zero-order valence-corrected chi connectivity index (χ0v) is 12.1. The highest BCUT2D eigenvalue weighted by molar-refractivity contribution is 5.73. The number of rotatable bonds is 7. The maximum Gasteiger partial charge on any atom is 0.321 e. The van der Waals surface area contributed by atoms with E-state index < -0.39 is 12.0 Å². The van der Waals surface area contributed by atoms with E-state index in [0.717, 1.165) is 11.1 Å². The number of benzene rings is 2. The van der Waals surface area contributed by atoms with Crippen LogP contribution in [0.15, 0.2) is 48.5 Å². The van der Waals surface area contributed by atoms with Crippen molar-refractivity contribution >= 4 is 5.97 Å². The standard InChI is InChI=1S/C17H19NO4/c19-14-7-5-12(6-8-14)11-15(17(21)22)18-10-9-13-3-1-2-4-16(13)20/h1-8,15,18-20H,9-11H2,(H,21,22)/t15-/m0/s1. The molecule has 0 saturated heterocycles. The van der Waals surface area contributed by atoms with Crippen LogP contribution in [0.2, 0.25) is 0 Å². The van der Waals surface area contributed by atoms with Crippen LogP contribution in [0.25, 0.3) is 0 Å². The highest BCUT2D eigenvalue weighted by Crippen LogP contribution is 2.16. The summed E-state index contributed by atoms with van der Waals surface area (Å²) in [6, 6.07) is 12.8. The lowest BCUT2D eigenvalue weighted by Crippen LogP contribution is -2.39. The molecule has 5 heteroatoms. The lowest BCUT2D eigenvalue weighted by molar-refractivity contribution is -0.139. The number of carboxylic acid groups (broad SMARTS) is 1.